The zero-order valence-corrected chi connectivity index (χ0v) is 22.5. The summed E-state index contributed by atoms with van der Waals surface area (Å²) >= 11 is 0. The van der Waals surface area contributed by atoms with Crippen LogP contribution in [0.25, 0.3) is 11.2 Å². The highest BCUT2D eigenvalue weighted by Gasteiger charge is 2.51. The second-order valence-electron chi connectivity index (χ2n) is 9.59. The number of carbonyl (C=O) groups is 3. The molecule has 1 aliphatic heterocycles. The number of aliphatic hydroxyl groups is 1. The molecule has 4 unspecified atom stereocenters. The first-order valence-corrected chi connectivity index (χ1v) is 13.4. The van der Waals surface area contributed by atoms with Crippen molar-refractivity contribution in [2.24, 2.45) is 0 Å². The highest BCUT2D eigenvalue weighted by Crippen LogP contribution is 2.37. The van der Waals surface area contributed by atoms with Crippen molar-refractivity contribution < 1.29 is 33.7 Å². The van der Waals surface area contributed by atoms with E-state index in [9.17, 15) is 19.5 Å². The van der Waals surface area contributed by atoms with Crippen molar-refractivity contribution in [3.63, 3.8) is 0 Å². The van der Waals surface area contributed by atoms with Crippen LogP contribution in [0.2, 0.25) is 0 Å². The van der Waals surface area contributed by atoms with Gasteiger partial charge < -0.3 is 24.6 Å². The Morgan fingerprint density at radius 3 is 1.91 bits per heavy atom. The molecular formula is C31H25N5O7. The van der Waals surface area contributed by atoms with Crippen LogP contribution >= 0.6 is 0 Å². The summed E-state index contributed by atoms with van der Waals surface area (Å²) in [7, 11) is 0. The predicted octanol–water partition coefficient (Wildman–Crippen LogP) is 3.42. The van der Waals surface area contributed by atoms with Crippen molar-refractivity contribution in [3.05, 3.63) is 120 Å². The van der Waals surface area contributed by atoms with Crippen molar-refractivity contribution in [1.29, 1.82) is 0 Å². The van der Waals surface area contributed by atoms with E-state index < -0.39 is 49.0 Å². The van der Waals surface area contributed by atoms with E-state index in [1.807, 2.05) is 0 Å². The number of rotatable bonds is 8. The van der Waals surface area contributed by atoms with Crippen LogP contribution in [0.15, 0.2) is 104 Å². The van der Waals surface area contributed by atoms with Crippen LogP contribution in [0.5, 0.6) is 0 Å². The SMILES string of the molecule is O=C(Nc1ncnc2c1ncn2C1OC(CO)C(OC(=O)c2ccccc2)C1OC(=O)c1ccccc1)c1ccccc1. The highest BCUT2D eigenvalue weighted by molar-refractivity contribution is 6.06. The van der Waals surface area contributed by atoms with E-state index in [-0.39, 0.29) is 28.1 Å². The molecule has 6 rings (SSSR count). The van der Waals surface area contributed by atoms with Crippen molar-refractivity contribution >= 4 is 34.8 Å². The van der Waals surface area contributed by atoms with Gasteiger partial charge in [0.1, 0.15) is 12.4 Å². The van der Waals surface area contributed by atoms with Gasteiger partial charge in [0.05, 0.1) is 24.1 Å². The number of aliphatic hydroxyl groups excluding tert-OH is 1. The molecule has 4 atom stereocenters. The van der Waals surface area contributed by atoms with Gasteiger partial charge in [0.25, 0.3) is 5.91 Å². The zero-order valence-electron chi connectivity index (χ0n) is 22.5. The van der Waals surface area contributed by atoms with Gasteiger partial charge in [-0.05, 0) is 36.4 Å². The summed E-state index contributed by atoms with van der Waals surface area (Å²) in [6, 6.07) is 25.2. The molecule has 0 spiro atoms. The number of aromatic nitrogens is 4. The number of anilines is 1. The molecule has 3 heterocycles. The minimum absolute atomic E-state index is 0.152. The molecule has 0 bridgehead atoms. The Labute approximate surface area is 244 Å². The van der Waals surface area contributed by atoms with Crippen LogP contribution < -0.4 is 5.32 Å². The highest BCUT2D eigenvalue weighted by atomic mass is 16.6. The summed E-state index contributed by atoms with van der Waals surface area (Å²) in [6.45, 7) is -0.539. The maximum Gasteiger partial charge on any atom is 0.338 e. The van der Waals surface area contributed by atoms with E-state index in [1.54, 1.807) is 91.0 Å². The molecule has 12 nitrogen and oxygen atoms in total. The molecule has 3 aromatic carbocycles. The largest absolute Gasteiger partial charge is 0.452 e. The molecule has 2 aromatic heterocycles. The number of ether oxygens (including phenoxy) is 3. The van der Waals surface area contributed by atoms with Crippen molar-refractivity contribution in [2.75, 3.05) is 11.9 Å². The number of nitrogens with zero attached hydrogens (tertiary/aromatic N) is 4. The van der Waals surface area contributed by atoms with Gasteiger partial charge in [-0.3, -0.25) is 9.36 Å². The van der Waals surface area contributed by atoms with E-state index >= 15 is 0 Å². The molecule has 5 aromatic rings. The molecule has 1 amide bonds. The molecule has 1 fully saturated rings. The lowest BCUT2D eigenvalue weighted by molar-refractivity contribution is -0.0566. The Balaban J connectivity index is 1.35. The predicted molar refractivity (Wildman–Crippen MR) is 152 cm³/mol. The summed E-state index contributed by atoms with van der Waals surface area (Å²) in [5.74, 6) is -1.61. The van der Waals surface area contributed by atoms with E-state index in [2.05, 4.69) is 20.3 Å². The molecule has 43 heavy (non-hydrogen) atoms. The third kappa shape index (κ3) is 5.69. The fraction of sp³-hybridized carbons (Fsp3) is 0.161. The zero-order chi connectivity index (χ0) is 29.8. The minimum atomic E-state index is -1.22. The lowest BCUT2D eigenvalue weighted by atomic mass is 10.1. The van der Waals surface area contributed by atoms with Gasteiger partial charge in [0.2, 0.25) is 0 Å². The van der Waals surface area contributed by atoms with Gasteiger partial charge in [0, 0.05) is 5.56 Å². The van der Waals surface area contributed by atoms with Crippen LogP contribution in [-0.2, 0) is 14.2 Å². The first kappa shape index (κ1) is 27.7. The third-order valence-corrected chi connectivity index (χ3v) is 6.87. The van der Waals surface area contributed by atoms with Gasteiger partial charge in [0.15, 0.2) is 35.4 Å². The summed E-state index contributed by atoms with van der Waals surface area (Å²) in [4.78, 5) is 52.0. The Kier molecular flexibility index (Phi) is 7.85. The molecule has 12 heteroatoms. The van der Waals surface area contributed by atoms with Crippen LogP contribution in [0, 0.1) is 0 Å². The van der Waals surface area contributed by atoms with Crippen LogP contribution in [0.4, 0.5) is 5.82 Å². The Hall–Kier alpha value is -5.46. The van der Waals surface area contributed by atoms with E-state index in [0.717, 1.165) is 0 Å². The van der Waals surface area contributed by atoms with E-state index in [1.165, 1.54) is 17.2 Å². The fourth-order valence-electron chi connectivity index (χ4n) is 4.78. The molecule has 216 valence electrons. The minimum Gasteiger partial charge on any atom is -0.452 e. The molecule has 0 aliphatic carbocycles. The number of amides is 1. The number of nitrogens with one attached hydrogen (secondary N) is 1. The average Bonchev–Trinajstić information content (AvgIpc) is 3.64. The normalized spacial score (nSPS) is 19.6. The first-order valence-electron chi connectivity index (χ1n) is 13.4. The lowest BCUT2D eigenvalue weighted by Crippen LogP contribution is -2.40. The molecular weight excluding hydrogens is 554 g/mol. The molecule has 2 N–H and O–H groups in total. The first-order chi connectivity index (χ1) is 21.0. The van der Waals surface area contributed by atoms with Crippen molar-refractivity contribution in [3.8, 4) is 0 Å². The number of hydrogen-bond acceptors (Lipinski definition) is 10. The van der Waals surface area contributed by atoms with Crippen LogP contribution in [0.3, 0.4) is 0 Å². The molecule has 1 aliphatic rings. The average molecular weight is 580 g/mol. The maximum absolute atomic E-state index is 13.2. The number of fused-ring (bicyclic) bond motifs is 1. The van der Waals surface area contributed by atoms with Gasteiger partial charge in [-0.25, -0.2) is 24.5 Å². The van der Waals surface area contributed by atoms with Gasteiger partial charge in [-0.2, -0.15) is 0 Å². The number of benzene rings is 3. The van der Waals surface area contributed by atoms with Gasteiger partial charge in [-0.1, -0.05) is 54.6 Å². The summed E-state index contributed by atoms with van der Waals surface area (Å²) in [5, 5.41) is 13.0. The Bertz CT molecular complexity index is 1750. The molecule has 0 saturated carbocycles. The van der Waals surface area contributed by atoms with Crippen molar-refractivity contribution in [2.45, 2.75) is 24.5 Å². The maximum atomic E-state index is 13.2. The second kappa shape index (κ2) is 12.2. The number of imidazole rings is 1. The molecule has 0 radical (unpaired) electrons. The molecule has 1 saturated heterocycles. The Morgan fingerprint density at radius 2 is 1.33 bits per heavy atom. The smallest absolute Gasteiger partial charge is 0.338 e. The second-order valence-corrected chi connectivity index (χ2v) is 9.59. The number of hydrogen-bond donors (Lipinski definition) is 2. The summed E-state index contributed by atoms with van der Waals surface area (Å²) in [5.41, 5.74) is 1.46. The number of esters is 2. The fourth-order valence-corrected chi connectivity index (χ4v) is 4.78. The van der Waals surface area contributed by atoms with E-state index in [0.29, 0.717) is 5.56 Å². The van der Waals surface area contributed by atoms with E-state index in [4.69, 9.17) is 14.2 Å². The topological polar surface area (TPSA) is 155 Å². The monoisotopic (exact) mass is 579 g/mol. The van der Waals surface area contributed by atoms with Gasteiger partial charge in [-0.15, -0.1) is 0 Å². The van der Waals surface area contributed by atoms with Gasteiger partial charge >= 0.3 is 11.9 Å². The standard InChI is InChI=1S/C31H25N5O7/c37-16-22-24(42-30(39)20-12-6-2-7-13-20)25(43-31(40)21-14-8-3-9-15-21)29(41-22)36-18-34-23-26(32-17-33-27(23)36)35-28(38)19-10-4-1-5-11-19/h1-15,17-18,22,24-25,29,37H,16H2,(H,32,33,35,38). The van der Waals surface area contributed by atoms with Crippen LogP contribution in [0.1, 0.15) is 37.3 Å². The Morgan fingerprint density at radius 1 is 0.767 bits per heavy atom. The summed E-state index contributed by atoms with van der Waals surface area (Å²) < 4.78 is 19.3. The van der Waals surface area contributed by atoms with Crippen molar-refractivity contribution in [1.82, 2.24) is 19.5 Å². The van der Waals surface area contributed by atoms with Crippen LogP contribution in [-0.4, -0.2) is 67.4 Å². The lowest BCUT2D eigenvalue weighted by Gasteiger charge is -2.24. The quantitative estimate of drug-likeness (QED) is 0.261. The number of carbonyl (C=O) groups excluding carboxylic acids is 3. The summed E-state index contributed by atoms with van der Waals surface area (Å²) in [6.07, 6.45) is -1.93. The third-order valence-electron chi connectivity index (χ3n) is 6.87.